The number of rotatable bonds is 6. The van der Waals surface area contributed by atoms with Gasteiger partial charge >= 0.3 is 5.97 Å². The highest BCUT2D eigenvalue weighted by Gasteiger charge is 2.14. The molecule has 0 aliphatic rings. The van der Waals surface area contributed by atoms with Gasteiger partial charge in [0.05, 0.1) is 17.1 Å². The average molecular weight is 388 g/mol. The monoisotopic (exact) mass is 387 g/mol. The van der Waals surface area contributed by atoms with Gasteiger partial charge in [-0.2, -0.15) is 5.10 Å². The molecule has 0 unspecified atom stereocenters. The Kier molecular flexibility index (Phi) is 5.52. The van der Waals surface area contributed by atoms with Gasteiger partial charge < -0.3 is 9.72 Å². The number of carbonyl (C=O) groups excluding carboxylic acids is 2. The van der Waals surface area contributed by atoms with Gasteiger partial charge in [-0.25, -0.2) is 13.9 Å². The van der Waals surface area contributed by atoms with Crippen LogP contribution in [0.15, 0.2) is 48.7 Å². The molecule has 0 saturated heterocycles. The Labute approximate surface area is 159 Å². The number of halogens is 2. The summed E-state index contributed by atoms with van der Waals surface area (Å²) < 4.78 is 19.4. The zero-order chi connectivity index (χ0) is 19.4. The number of esters is 1. The van der Waals surface area contributed by atoms with Crippen LogP contribution in [-0.2, 0) is 9.53 Å². The van der Waals surface area contributed by atoms with Crippen LogP contribution in [0, 0.1) is 12.7 Å². The molecule has 0 atom stereocenters. The van der Waals surface area contributed by atoms with Crippen LogP contribution in [-0.4, -0.2) is 33.1 Å². The maximum absolute atomic E-state index is 13.1. The lowest BCUT2D eigenvalue weighted by molar-refractivity contribution is -0.136. The molecule has 0 saturated carbocycles. The molecular formula is C19H15ClFN3O3. The van der Waals surface area contributed by atoms with E-state index in [1.54, 1.807) is 37.4 Å². The van der Waals surface area contributed by atoms with Crippen LogP contribution >= 0.6 is 11.6 Å². The van der Waals surface area contributed by atoms with E-state index in [0.29, 0.717) is 22.6 Å². The van der Waals surface area contributed by atoms with E-state index in [1.807, 2.05) is 0 Å². The highest BCUT2D eigenvalue weighted by atomic mass is 35.5. The number of H-pyrrole nitrogens is 1. The lowest BCUT2D eigenvalue weighted by Crippen LogP contribution is -2.12. The minimum atomic E-state index is -0.681. The standard InChI is InChI=1S/C19H15ClFN3O3/c1-12-15(19(20)24(23-12)14-6-4-13(21)5-7-14)8-9-18(26)27-11-17(25)16-3-2-10-22-16/h2-10,22H,11H2,1H3/b9-8+. The number of ketones is 1. The van der Waals surface area contributed by atoms with Gasteiger partial charge in [-0.3, -0.25) is 4.79 Å². The van der Waals surface area contributed by atoms with Gasteiger partial charge in [-0.15, -0.1) is 0 Å². The van der Waals surface area contributed by atoms with Crippen molar-refractivity contribution in [1.82, 2.24) is 14.8 Å². The lowest BCUT2D eigenvalue weighted by Gasteiger charge is -2.02. The van der Waals surface area contributed by atoms with Crippen molar-refractivity contribution in [3.63, 3.8) is 0 Å². The first kappa shape index (κ1) is 18.6. The van der Waals surface area contributed by atoms with E-state index < -0.39 is 5.97 Å². The molecule has 0 aliphatic heterocycles. The summed E-state index contributed by atoms with van der Waals surface area (Å²) in [6.45, 7) is 1.36. The fraction of sp³-hybridized carbons (Fsp3) is 0.105. The zero-order valence-electron chi connectivity index (χ0n) is 14.3. The van der Waals surface area contributed by atoms with Crippen LogP contribution in [0.4, 0.5) is 4.39 Å². The molecule has 1 N–H and O–H groups in total. The van der Waals surface area contributed by atoms with Crippen molar-refractivity contribution in [3.05, 3.63) is 76.6 Å². The molecule has 0 radical (unpaired) electrons. The van der Waals surface area contributed by atoms with E-state index >= 15 is 0 Å². The number of ether oxygens (including phenoxy) is 1. The predicted octanol–water partition coefficient (Wildman–Crippen LogP) is 3.74. The maximum atomic E-state index is 13.1. The largest absolute Gasteiger partial charge is 0.454 e. The molecule has 0 fully saturated rings. The van der Waals surface area contributed by atoms with Gasteiger partial charge in [-0.05, 0) is 49.4 Å². The SMILES string of the molecule is Cc1nn(-c2ccc(F)cc2)c(Cl)c1/C=C/C(=O)OCC(=O)c1ccc[nH]1. The topological polar surface area (TPSA) is 77.0 Å². The third-order valence-corrected chi connectivity index (χ3v) is 4.11. The van der Waals surface area contributed by atoms with Crippen LogP contribution in [0.2, 0.25) is 5.15 Å². The summed E-state index contributed by atoms with van der Waals surface area (Å²) in [5.74, 6) is -1.38. The van der Waals surface area contributed by atoms with Gasteiger partial charge in [0, 0.05) is 17.8 Å². The summed E-state index contributed by atoms with van der Waals surface area (Å²) in [5.41, 5.74) is 2.05. The molecule has 3 aromatic rings. The van der Waals surface area contributed by atoms with Gasteiger partial charge in [0.1, 0.15) is 11.0 Å². The molecule has 138 valence electrons. The van der Waals surface area contributed by atoms with Crippen molar-refractivity contribution in [3.8, 4) is 5.69 Å². The Morgan fingerprint density at radius 1 is 1.30 bits per heavy atom. The van der Waals surface area contributed by atoms with Crippen LogP contribution in [0.1, 0.15) is 21.7 Å². The number of aromatic amines is 1. The minimum absolute atomic E-state index is 0.269. The Bertz CT molecular complexity index is 992. The Hall–Kier alpha value is -3.19. The first-order valence-electron chi connectivity index (χ1n) is 7.98. The first-order valence-corrected chi connectivity index (χ1v) is 8.36. The smallest absolute Gasteiger partial charge is 0.331 e. The number of nitrogens with zero attached hydrogens (tertiary/aromatic N) is 2. The fourth-order valence-electron chi connectivity index (χ4n) is 2.37. The number of hydrogen-bond donors (Lipinski definition) is 1. The van der Waals surface area contributed by atoms with Crippen molar-refractivity contribution in [2.75, 3.05) is 6.61 Å². The molecule has 8 heteroatoms. The summed E-state index contributed by atoms with van der Waals surface area (Å²) in [5, 5.41) is 4.57. The van der Waals surface area contributed by atoms with Crippen molar-refractivity contribution < 1.29 is 18.7 Å². The molecular weight excluding hydrogens is 373 g/mol. The minimum Gasteiger partial charge on any atom is -0.454 e. The van der Waals surface area contributed by atoms with Crippen molar-refractivity contribution in [1.29, 1.82) is 0 Å². The Balaban J connectivity index is 1.68. The molecule has 27 heavy (non-hydrogen) atoms. The van der Waals surface area contributed by atoms with Gasteiger partial charge in [0.2, 0.25) is 5.78 Å². The van der Waals surface area contributed by atoms with Crippen LogP contribution in [0.3, 0.4) is 0 Å². The highest BCUT2D eigenvalue weighted by Crippen LogP contribution is 2.24. The second-order valence-electron chi connectivity index (χ2n) is 5.63. The molecule has 0 aliphatic carbocycles. The molecule has 2 aromatic heterocycles. The number of aryl methyl sites for hydroxylation is 1. The summed E-state index contributed by atoms with van der Waals surface area (Å²) in [6.07, 6.45) is 4.25. The quantitative estimate of drug-likeness (QED) is 0.397. The van der Waals surface area contributed by atoms with Crippen molar-refractivity contribution in [2.45, 2.75) is 6.92 Å². The second-order valence-corrected chi connectivity index (χ2v) is 5.98. The number of carbonyl (C=O) groups is 2. The van der Waals surface area contributed by atoms with Crippen LogP contribution in [0.5, 0.6) is 0 Å². The van der Waals surface area contributed by atoms with Gasteiger partial charge in [-0.1, -0.05) is 11.6 Å². The second kappa shape index (κ2) is 8.01. The van der Waals surface area contributed by atoms with E-state index in [4.69, 9.17) is 16.3 Å². The predicted molar refractivity (Wildman–Crippen MR) is 98.4 cm³/mol. The Morgan fingerprint density at radius 3 is 2.70 bits per heavy atom. The number of nitrogens with one attached hydrogen (secondary N) is 1. The summed E-state index contributed by atoms with van der Waals surface area (Å²) >= 11 is 6.33. The maximum Gasteiger partial charge on any atom is 0.331 e. The molecule has 0 bridgehead atoms. The van der Waals surface area contributed by atoms with Crippen molar-refractivity contribution >= 4 is 29.4 Å². The summed E-state index contributed by atoms with van der Waals surface area (Å²) in [7, 11) is 0. The summed E-state index contributed by atoms with van der Waals surface area (Å²) in [6, 6.07) is 8.97. The molecule has 0 amide bonds. The zero-order valence-corrected chi connectivity index (χ0v) is 15.0. The van der Waals surface area contributed by atoms with Gasteiger partial charge in [0.25, 0.3) is 0 Å². The molecule has 3 rings (SSSR count). The number of aromatic nitrogens is 3. The first-order chi connectivity index (χ1) is 13.0. The fourth-order valence-corrected chi connectivity index (χ4v) is 2.71. The normalized spacial score (nSPS) is 11.1. The molecule has 1 aromatic carbocycles. The third kappa shape index (κ3) is 4.32. The molecule has 0 spiro atoms. The molecule has 2 heterocycles. The van der Waals surface area contributed by atoms with E-state index in [2.05, 4.69) is 10.1 Å². The van der Waals surface area contributed by atoms with Crippen LogP contribution in [0.25, 0.3) is 11.8 Å². The van der Waals surface area contributed by atoms with E-state index in [-0.39, 0.29) is 23.4 Å². The van der Waals surface area contributed by atoms with Crippen molar-refractivity contribution in [2.24, 2.45) is 0 Å². The Morgan fingerprint density at radius 2 is 2.04 bits per heavy atom. The number of benzene rings is 1. The van der Waals surface area contributed by atoms with Gasteiger partial charge in [0.15, 0.2) is 6.61 Å². The number of hydrogen-bond acceptors (Lipinski definition) is 4. The van der Waals surface area contributed by atoms with Crippen LogP contribution < -0.4 is 0 Å². The summed E-state index contributed by atoms with van der Waals surface area (Å²) in [4.78, 5) is 26.4. The molecule has 6 nitrogen and oxygen atoms in total. The lowest BCUT2D eigenvalue weighted by atomic mass is 10.2. The van der Waals surface area contributed by atoms with E-state index in [1.165, 1.54) is 29.0 Å². The van der Waals surface area contributed by atoms with E-state index in [9.17, 15) is 14.0 Å². The number of Topliss-reactive ketones (excluding diaryl/α,β-unsaturated/α-hetero) is 1. The average Bonchev–Trinajstić information content (AvgIpc) is 3.28. The van der Waals surface area contributed by atoms with E-state index in [0.717, 1.165) is 0 Å². The third-order valence-electron chi connectivity index (χ3n) is 3.75. The highest BCUT2D eigenvalue weighted by molar-refractivity contribution is 6.31.